The summed E-state index contributed by atoms with van der Waals surface area (Å²) in [7, 11) is 0. The van der Waals surface area contributed by atoms with Crippen molar-refractivity contribution in [2.45, 2.75) is 39.7 Å². The number of unbranched alkanes of at least 4 members (excludes halogenated alkanes) is 2. The molecule has 3 nitrogen and oxygen atoms in total. The van der Waals surface area contributed by atoms with Crippen molar-refractivity contribution in [1.82, 2.24) is 4.57 Å². The van der Waals surface area contributed by atoms with E-state index in [0.717, 1.165) is 24.9 Å². The molecule has 16 heavy (non-hydrogen) atoms. The highest BCUT2D eigenvalue weighted by molar-refractivity contribution is 5.97. The molecule has 0 amide bonds. The van der Waals surface area contributed by atoms with Gasteiger partial charge in [-0.2, -0.15) is 5.26 Å². The number of nitriles is 1. The van der Waals surface area contributed by atoms with Gasteiger partial charge >= 0.3 is 0 Å². The number of aryl methyl sites for hydroxylation is 1. The van der Waals surface area contributed by atoms with E-state index in [1.165, 1.54) is 0 Å². The van der Waals surface area contributed by atoms with Gasteiger partial charge in [0.25, 0.3) is 0 Å². The number of aromatic nitrogens is 1. The highest BCUT2D eigenvalue weighted by Crippen LogP contribution is 2.10. The van der Waals surface area contributed by atoms with E-state index in [2.05, 4.69) is 6.07 Å². The zero-order valence-electron chi connectivity index (χ0n) is 9.94. The Hall–Kier alpha value is -1.56. The second-order valence-electron chi connectivity index (χ2n) is 4.27. The number of nitrogens with zero attached hydrogens (tertiary/aromatic N) is 2. The molecule has 1 heterocycles. The minimum atomic E-state index is 0.0504. The fourth-order valence-electron chi connectivity index (χ4n) is 1.56. The van der Waals surface area contributed by atoms with E-state index in [0.29, 0.717) is 6.42 Å². The molecule has 86 valence electrons. The van der Waals surface area contributed by atoms with Gasteiger partial charge in [-0.3, -0.25) is 4.79 Å². The van der Waals surface area contributed by atoms with Gasteiger partial charge in [0.05, 0.1) is 6.07 Å². The van der Waals surface area contributed by atoms with E-state index in [1.54, 1.807) is 0 Å². The van der Waals surface area contributed by atoms with E-state index in [9.17, 15) is 4.79 Å². The normalized spacial score (nSPS) is 10.4. The number of carbonyl (C=O) groups is 1. The smallest absolute Gasteiger partial charge is 0.166 e. The Labute approximate surface area is 96.7 Å². The Morgan fingerprint density at radius 3 is 2.88 bits per heavy atom. The van der Waals surface area contributed by atoms with Crippen LogP contribution in [0.3, 0.4) is 0 Å². The maximum Gasteiger partial charge on any atom is 0.166 e. The van der Waals surface area contributed by atoms with E-state index >= 15 is 0 Å². The summed E-state index contributed by atoms with van der Waals surface area (Å²) in [4.78, 5) is 11.7. The molecule has 1 aromatic heterocycles. The Bertz CT molecular complexity index is 385. The van der Waals surface area contributed by atoms with Crippen molar-refractivity contribution >= 4 is 5.78 Å². The van der Waals surface area contributed by atoms with Gasteiger partial charge in [-0.25, -0.2) is 0 Å². The van der Waals surface area contributed by atoms with Crippen molar-refractivity contribution in [3.05, 3.63) is 24.0 Å². The van der Waals surface area contributed by atoms with Crippen LogP contribution in [-0.4, -0.2) is 10.4 Å². The Balaban J connectivity index is 2.46. The van der Waals surface area contributed by atoms with Crippen LogP contribution >= 0.6 is 0 Å². The monoisotopic (exact) mass is 218 g/mol. The van der Waals surface area contributed by atoms with E-state index < -0.39 is 0 Å². The molecule has 0 aromatic carbocycles. The van der Waals surface area contributed by atoms with Gasteiger partial charge in [-0.1, -0.05) is 13.8 Å². The molecular formula is C13H18N2O. The third kappa shape index (κ3) is 3.54. The van der Waals surface area contributed by atoms with Crippen LogP contribution in [0.2, 0.25) is 0 Å². The molecule has 1 rings (SSSR count). The minimum absolute atomic E-state index is 0.0504. The summed E-state index contributed by atoms with van der Waals surface area (Å²) >= 11 is 0. The first-order valence-corrected chi connectivity index (χ1v) is 5.72. The second kappa shape index (κ2) is 6.12. The molecular weight excluding hydrogens is 200 g/mol. The third-order valence-electron chi connectivity index (χ3n) is 2.51. The molecule has 1 aromatic rings. The Morgan fingerprint density at radius 2 is 2.25 bits per heavy atom. The van der Waals surface area contributed by atoms with Gasteiger partial charge in [-0.05, 0) is 18.9 Å². The number of carbonyl (C=O) groups excluding carboxylic acids is 1. The van der Waals surface area contributed by atoms with Crippen LogP contribution in [-0.2, 0) is 6.54 Å². The molecule has 0 N–H and O–H groups in total. The average molecular weight is 218 g/mol. The van der Waals surface area contributed by atoms with Gasteiger partial charge in [0.2, 0.25) is 0 Å². The molecule has 0 atom stereocenters. The molecule has 0 spiro atoms. The average Bonchev–Trinajstić information content (AvgIpc) is 2.72. The van der Waals surface area contributed by atoms with E-state index in [4.69, 9.17) is 5.26 Å². The standard InChI is InChI=1S/C13H18N2O/c1-11(2)13(16)12-6-9-15(10-12)8-5-3-4-7-14/h6,9-11H,3-5,8H2,1-2H3. The van der Waals surface area contributed by atoms with Crippen molar-refractivity contribution in [3.8, 4) is 6.07 Å². The Kier molecular flexibility index (Phi) is 4.78. The van der Waals surface area contributed by atoms with Crippen molar-refractivity contribution in [1.29, 1.82) is 5.26 Å². The van der Waals surface area contributed by atoms with E-state index in [-0.39, 0.29) is 11.7 Å². The van der Waals surface area contributed by atoms with Crippen LogP contribution in [0, 0.1) is 17.2 Å². The topological polar surface area (TPSA) is 45.8 Å². The fraction of sp³-hybridized carbons (Fsp3) is 0.538. The molecule has 0 aliphatic rings. The van der Waals surface area contributed by atoms with Crippen LogP contribution in [0.25, 0.3) is 0 Å². The van der Waals surface area contributed by atoms with Crippen LogP contribution < -0.4 is 0 Å². The molecule has 0 saturated carbocycles. The summed E-state index contributed by atoms with van der Waals surface area (Å²) in [5.41, 5.74) is 0.787. The summed E-state index contributed by atoms with van der Waals surface area (Å²) < 4.78 is 2.02. The van der Waals surface area contributed by atoms with Gasteiger partial charge in [0, 0.05) is 36.8 Å². The number of Topliss-reactive ketones (excluding diaryl/α,β-unsaturated/α-hetero) is 1. The number of hydrogen-bond donors (Lipinski definition) is 0. The lowest BCUT2D eigenvalue weighted by Crippen LogP contribution is -2.06. The first kappa shape index (κ1) is 12.5. The van der Waals surface area contributed by atoms with Crippen molar-refractivity contribution in [2.24, 2.45) is 5.92 Å². The van der Waals surface area contributed by atoms with Gasteiger partial charge in [0.15, 0.2) is 5.78 Å². The largest absolute Gasteiger partial charge is 0.354 e. The van der Waals surface area contributed by atoms with Crippen LogP contribution in [0.5, 0.6) is 0 Å². The lowest BCUT2D eigenvalue weighted by Gasteiger charge is -2.02. The highest BCUT2D eigenvalue weighted by atomic mass is 16.1. The number of hydrogen-bond acceptors (Lipinski definition) is 2. The summed E-state index contributed by atoms with van der Waals surface area (Å²) in [6.45, 7) is 4.70. The molecule has 0 aliphatic heterocycles. The molecule has 3 heteroatoms. The number of ketones is 1. The lowest BCUT2D eigenvalue weighted by atomic mass is 10.0. The zero-order valence-corrected chi connectivity index (χ0v) is 9.94. The quantitative estimate of drug-likeness (QED) is 0.544. The Morgan fingerprint density at radius 1 is 1.50 bits per heavy atom. The molecule has 0 saturated heterocycles. The van der Waals surface area contributed by atoms with E-state index in [1.807, 2.05) is 36.9 Å². The summed E-state index contributed by atoms with van der Waals surface area (Å²) in [6, 6.07) is 4.00. The first-order chi connectivity index (χ1) is 7.65. The van der Waals surface area contributed by atoms with Gasteiger partial charge < -0.3 is 4.57 Å². The van der Waals surface area contributed by atoms with Gasteiger partial charge in [-0.15, -0.1) is 0 Å². The highest BCUT2D eigenvalue weighted by Gasteiger charge is 2.11. The van der Waals surface area contributed by atoms with Crippen LogP contribution in [0.1, 0.15) is 43.5 Å². The minimum Gasteiger partial charge on any atom is -0.354 e. The lowest BCUT2D eigenvalue weighted by molar-refractivity contribution is 0.0939. The zero-order chi connectivity index (χ0) is 12.0. The third-order valence-corrected chi connectivity index (χ3v) is 2.51. The molecule has 0 bridgehead atoms. The predicted octanol–water partition coefficient (Wildman–Crippen LogP) is 3.02. The molecule has 0 radical (unpaired) electrons. The number of rotatable bonds is 6. The summed E-state index contributed by atoms with van der Waals surface area (Å²) in [6.07, 6.45) is 6.34. The van der Waals surface area contributed by atoms with Gasteiger partial charge in [0.1, 0.15) is 0 Å². The van der Waals surface area contributed by atoms with Crippen LogP contribution in [0.15, 0.2) is 18.5 Å². The first-order valence-electron chi connectivity index (χ1n) is 5.72. The maximum atomic E-state index is 11.7. The predicted molar refractivity (Wildman–Crippen MR) is 63.1 cm³/mol. The van der Waals surface area contributed by atoms with Crippen molar-refractivity contribution in [2.75, 3.05) is 0 Å². The molecule has 0 aliphatic carbocycles. The fourth-order valence-corrected chi connectivity index (χ4v) is 1.56. The summed E-state index contributed by atoms with van der Waals surface area (Å²) in [5, 5.41) is 8.40. The second-order valence-corrected chi connectivity index (χ2v) is 4.27. The summed E-state index contributed by atoms with van der Waals surface area (Å²) in [5.74, 6) is 0.241. The SMILES string of the molecule is CC(C)C(=O)c1ccn(CCCCC#N)c1. The maximum absolute atomic E-state index is 11.7. The molecule has 0 fully saturated rings. The van der Waals surface area contributed by atoms with Crippen molar-refractivity contribution in [3.63, 3.8) is 0 Å². The van der Waals surface area contributed by atoms with Crippen molar-refractivity contribution < 1.29 is 4.79 Å². The van der Waals surface area contributed by atoms with Crippen LogP contribution in [0.4, 0.5) is 0 Å². The molecule has 0 unspecified atom stereocenters.